The summed E-state index contributed by atoms with van der Waals surface area (Å²) in [6.45, 7) is 6.28. The highest BCUT2D eigenvalue weighted by Crippen LogP contribution is 2.32. The van der Waals surface area contributed by atoms with Crippen molar-refractivity contribution in [3.63, 3.8) is 0 Å². The fourth-order valence-electron chi connectivity index (χ4n) is 4.64. The molecule has 32 heavy (non-hydrogen) atoms. The smallest absolute Gasteiger partial charge is 0.404 e. The van der Waals surface area contributed by atoms with Crippen LogP contribution in [0, 0.1) is 10.1 Å². The fraction of sp³-hybridized carbons (Fsp3) is 0.480. The molecule has 2 N–H and O–H groups in total. The van der Waals surface area contributed by atoms with Gasteiger partial charge >= 0.3 is 6.09 Å². The molecule has 0 saturated heterocycles. The number of primary amides is 1. The van der Waals surface area contributed by atoms with Crippen molar-refractivity contribution in [3.8, 4) is 0 Å². The zero-order chi connectivity index (χ0) is 23.1. The molecule has 3 rings (SSSR count). The number of nitro benzene ring substituents is 1. The summed E-state index contributed by atoms with van der Waals surface area (Å²) in [5.41, 5.74) is 11.3. The van der Waals surface area contributed by atoms with Crippen LogP contribution < -0.4 is 10.6 Å². The van der Waals surface area contributed by atoms with Crippen LogP contribution in [0.25, 0.3) is 0 Å². The number of carbonyl (C=O) groups excluding carboxylic acids is 1. The first-order chi connectivity index (χ1) is 15.4. The van der Waals surface area contributed by atoms with Crippen LogP contribution in [0.1, 0.15) is 55.4 Å². The van der Waals surface area contributed by atoms with Gasteiger partial charge in [-0.15, -0.1) is 0 Å². The second kappa shape index (κ2) is 11.0. The Labute approximate surface area is 189 Å². The zero-order valence-corrected chi connectivity index (χ0v) is 19.0. The van der Waals surface area contributed by atoms with Crippen LogP contribution in [-0.4, -0.2) is 30.2 Å². The molecule has 2 aromatic rings. The van der Waals surface area contributed by atoms with Gasteiger partial charge in [-0.2, -0.15) is 0 Å². The fourth-order valence-corrected chi connectivity index (χ4v) is 4.64. The van der Waals surface area contributed by atoms with Crippen molar-refractivity contribution in [2.24, 2.45) is 5.73 Å². The molecule has 0 spiro atoms. The van der Waals surface area contributed by atoms with Crippen LogP contribution in [0.15, 0.2) is 36.4 Å². The first-order valence-electron chi connectivity index (χ1n) is 11.5. The average molecular weight is 440 g/mol. The Morgan fingerprint density at radius 3 is 2.44 bits per heavy atom. The summed E-state index contributed by atoms with van der Waals surface area (Å²) in [6, 6.07) is 11.0. The minimum Gasteiger partial charge on any atom is -0.446 e. The molecule has 1 amide bonds. The van der Waals surface area contributed by atoms with Crippen LogP contribution in [0.2, 0.25) is 0 Å². The van der Waals surface area contributed by atoms with E-state index in [0.29, 0.717) is 12.8 Å². The van der Waals surface area contributed by atoms with Gasteiger partial charge in [-0.05, 0) is 60.4 Å². The highest BCUT2D eigenvalue weighted by molar-refractivity contribution is 5.65. The van der Waals surface area contributed by atoms with Crippen molar-refractivity contribution >= 4 is 17.5 Å². The lowest BCUT2D eigenvalue weighted by molar-refractivity contribution is -0.384. The SMILES string of the molecule is CCCN(CCC)c1cc2c(cc1CC(Cc1cccc([N+](=O)[O-])c1)OC(N)=O)CCC2. The monoisotopic (exact) mass is 439 g/mol. The number of anilines is 1. The summed E-state index contributed by atoms with van der Waals surface area (Å²) in [4.78, 5) is 24.8. The Morgan fingerprint density at radius 2 is 1.81 bits per heavy atom. The van der Waals surface area contributed by atoms with Crippen LogP contribution in [0.5, 0.6) is 0 Å². The number of nitro groups is 1. The lowest BCUT2D eigenvalue weighted by Gasteiger charge is -2.29. The van der Waals surface area contributed by atoms with Gasteiger partial charge in [-0.3, -0.25) is 10.1 Å². The third-order valence-electron chi connectivity index (χ3n) is 5.94. The number of non-ortho nitro benzene ring substituents is 1. The van der Waals surface area contributed by atoms with Gasteiger partial charge in [0, 0.05) is 43.8 Å². The Bertz CT molecular complexity index is 954. The van der Waals surface area contributed by atoms with Gasteiger partial charge in [0.25, 0.3) is 5.69 Å². The molecule has 0 radical (unpaired) electrons. The molecule has 1 unspecified atom stereocenters. The summed E-state index contributed by atoms with van der Waals surface area (Å²) >= 11 is 0. The minimum absolute atomic E-state index is 0.0237. The number of fused-ring (bicyclic) bond motifs is 1. The maximum atomic E-state index is 11.7. The van der Waals surface area contributed by atoms with Gasteiger partial charge in [0.15, 0.2) is 0 Å². The summed E-state index contributed by atoms with van der Waals surface area (Å²) < 4.78 is 5.48. The third kappa shape index (κ3) is 5.99. The Hall–Kier alpha value is -3.09. The van der Waals surface area contributed by atoms with E-state index in [4.69, 9.17) is 10.5 Å². The number of amides is 1. The van der Waals surface area contributed by atoms with E-state index in [2.05, 4.69) is 30.9 Å². The predicted octanol–water partition coefficient (Wildman–Crippen LogP) is 4.96. The van der Waals surface area contributed by atoms with Crippen LogP contribution >= 0.6 is 0 Å². The highest BCUT2D eigenvalue weighted by atomic mass is 16.6. The van der Waals surface area contributed by atoms with Gasteiger partial charge in [0.1, 0.15) is 6.10 Å². The van der Waals surface area contributed by atoms with E-state index in [1.165, 1.54) is 28.9 Å². The molecule has 0 saturated carbocycles. The van der Waals surface area contributed by atoms with Crippen LogP contribution in [-0.2, 0) is 30.4 Å². The number of aryl methyl sites for hydroxylation is 2. The van der Waals surface area contributed by atoms with Gasteiger partial charge < -0.3 is 15.4 Å². The van der Waals surface area contributed by atoms with Crippen LogP contribution in [0.4, 0.5) is 16.2 Å². The van der Waals surface area contributed by atoms with Crippen molar-refractivity contribution in [2.75, 3.05) is 18.0 Å². The lowest BCUT2D eigenvalue weighted by Crippen LogP contribution is -2.30. The molecular weight excluding hydrogens is 406 g/mol. The van der Waals surface area contributed by atoms with Gasteiger partial charge in [-0.1, -0.05) is 32.0 Å². The van der Waals surface area contributed by atoms with Crippen LogP contribution in [0.3, 0.4) is 0 Å². The summed E-state index contributed by atoms with van der Waals surface area (Å²) in [7, 11) is 0. The number of nitrogens with zero attached hydrogens (tertiary/aromatic N) is 2. The Balaban J connectivity index is 1.93. The number of carbonyl (C=O) groups is 1. The molecule has 0 heterocycles. The molecule has 1 atom stereocenters. The quantitative estimate of drug-likeness (QED) is 0.394. The Kier molecular flexibility index (Phi) is 8.09. The summed E-state index contributed by atoms with van der Waals surface area (Å²) in [6.07, 6.45) is 4.96. The number of nitrogens with two attached hydrogens (primary N) is 1. The standard InChI is InChI=1S/C25H33N3O4/c1-3-11-27(12-4-2)24-17-20-9-6-8-19(20)15-21(24)16-23(32-25(26)29)14-18-7-5-10-22(13-18)28(30)31/h5,7,10,13,15,17,23H,3-4,6,8-9,11-12,14,16H2,1-2H3,(H2,26,29). The molecule has 172 valence electrons. The molecule has 0 fully saturated rings. The van der Waals surface area contributed by atoms with Gasteiger partial charge in [0.05, 0.1) is 4.92 Å². The van der Waals surface area contributed by atoms with E-state index < -0.39 is 17.1 Å². The second-order valence-electron chi connectivity index (χ2n) is 8.48. The van der Waals surface area contributed by atoms with Crippen molar-refractivity contribution in [3.05, 3.63) is 68.8 Å². The second-order valence-corrected chi connectivity index (χ2v) is 8.48. The molecule has 2 aromatic carbocycles. The molecule has 7 nitrogen and oxygen atoms in total. The average Bonchev–Trinajstić information content (AvgIpc) is 3.20. The predicted molar refractivity (Wildman–Crippen MR) is 126 cm³/mol. The number of benzene rings is 2. The van der Waals surface area contributed by atoms with E-state index >= 15 is 0 Å². The van der Waals surface area contributed by atoms with Crippen molar-refractivity contribution in [1.82, 2.24) is 0 Å². The zero-order valence-electron chi connectivity index (χ0n) is 19.0. The first kappa shape index (κ1) is 23.6. The molecule has 1 aliphatic rings. The molecule has 0 aromatic heterocycles. The molecule has 7 heteroatoms. The van der Waals surface area contributed by atoms with E-state index in [9.17, 15) is 14.9 Å². The maximum Gasteiger partial charge on any atom is 0.404 e. The van der Waals surface area contributed by atoms with Crippen molar-refractivity contribution < 1.29 is 14.5 Å². The molecule has 0 bridgehead atoms. The lowest BCUT2D eigenvalue weighted by atomic mass is 9.95. The molecular formula is C25H33N3O4. The third-order valence-corrected chi connectivity index (χ3v) is 5.94. The maximum absolute atomic E-state index is 11.7. The highest BCUT2D eigenvalue weighted by Gasteiger charge is 2.22. The largest absolute Gasteiger partial charge is 0.446 e. The normalized spacial score (nSPS) is 13.4. The Morgan fingerprint density at radius 1 is 1.12 bits per heavy atom. The topological polar surface area (TPSA) is 98.7 Å². The molecule has 1 aliphatic carbocycles. The first-order valence-corrected chi connectivity index (χ1v) is 11.5. The minimum atomic E-state index is -0.831. The van der Waals surface area contributed by atoms with E-state index in [1.54, 1.807) is 6.07 Å². The molecule has 0 aliphatic heterocycles. The van der Waals surface area contributed by atoms with E-state index in [1.807, 2.05) is 6.07 Å². The van der Waals surface area contributed by atoms with E-state index in [-0.39, 0.29) is 5.69 Å². The number of ether oxygens (including phenoxy) is 1. The van der Waals surface area contributed by atoms with Gasteiger partial charge in [-0.25, -0.2) is 4.79 Å². The number of rotatable bonds is 11. The van der Waals surface area contributed by atoms with E-state index in [0.717, 1.165) is 56.3 Å². The summed E-state index contributed by atoms with van der Waals surface area (Å²) in [5, 5.41) is 11.2. The van der Waals surface area contributed by atoms with Crippen molar-refractivity contribution in [1.29, 1.82) is 0 Å². The number of hydrogen-bond donors (Lipinski definition) is 1. The van der Waals surface area contributed by atoms with Gasteiger partial charge in [0.2, 0.25) is 0 Å². The number of hydrogen-bond acceptors (Lipinski definition) is 5. The van der Waals surface area contributed by atoms with Crippen molar-refractivity contribution in [2.45, 2.75) is 64.9 Å². The summed E-state index contributed by atoms with van der Waals surface area (Å²) in [5.74, 6) is 0.